The van der Waals surface area contributed by atoms with Crippen LogP contribution in [0, 0.1) is 10.1 Å². The number of hydrogen-bond acceptors (Lipinski definition) is 6. The Morgan fingerprint density at radius 2 is 2.17 bits per heavy atom. The molecule has 120 valence electrons. The number of aromatic nitrogens is 2. The number of methoxy groups -OCH3 is 1. The molecule has 23 heavy (non-hydrogen) atoms. The summed E-state index contributed by atoms with van der Waals surface area (Å²) in [6, 6.07) is 5.10. The van der Waals surface area contributed by atoms with Crippen LogP contribution in [0.15, 0.2) is 30.5 Å². The number of non-ortho nitro benzene ring substituents is 1. The Morgan fingerprint density at radius 3 is 2.78 bits per heavy atom. The number of anilines is 1. The number of nitro groups is 1. The lowest BCUT2D eigenvalue weighted by Crippen LogP contribution is -2.15. The van der Waals surface area contributed by atoms with Crippen LogP contribution in [0.2, 0.25) is 0 Å². The first-order valence-electron chi connectivity index (χ1n) is 6.29. The third-order valence-corrected chi connectivity index (χ3v) is 2.81. The molecule has 0 saturated heterocycles. The van der Waals surface area contributed by atoms with Crippen molar-refractivity contribution in [2.24, 2.45) is 0 Å². The van der Waals surface area contributed by atoms with Crippen LogP contribution in [-0.2, 0) is 11.3 Å². The average Bonchev–Trinajstić information content (AvgIpc) is 2.95. The second-order valence-electron chi connectivity index (χ2n) is 4.39. The molecule has 0 bridgehead atoms. The molecule has 0 spiro atoms. The van der Waals surface area contributed by atoms with Crippen LogP contribution in [0.25, 0.3) is 0 Å². The number of nitrogens with one attached hydrogen (secondary N) is 1. The molecular formula is C13H12N4O6. The summed E-state index contributed by atoms with van der Waals surface area (Å²) in [6.45, 7) is -0.367. The molecule has 10 heteroatoms. The molecular weight excluding hydrogens is 308 g/mol. The Bertz CT molecular complexity index is 770. The number of carboxylic acid groups (broad SMARTS) is 1. The summed E-state index contributed by atoms with van der Waals surface area (Å²) in [5.41, 5.74) is 0.0631. The average molecular weight is 320 g/mol. The summed E-state index contributed by atoms with van der Waals surface area (Å²) in [5.74, 6) is -1.56. The SMILES string of the molecule is COc1cc([N+](=O)[O-])ccc1NC(=O)c1ccn(CC(=O)O)n1. The van der Waals surface area contributed by atoms with Crippen molar-refractivity contribution >= 4 is 23.3 Å². The summed E-state index contributed by atoms with van der Waals surface area (Å²) in [6.07, 6.45) is 1.36. The van der Waals surface area contributed by atoms with Crippen molar-refractivity contribution in [3.8, 4) is 5.75 Å². The predicted octanol–water partition coefficient (Wildman–Crippen LogP) is 1.14. The second kappa shape index (κ2) is 6.56. The highest BCUT2D eigenvalue weighted by Crippen LogP contribution is 2.29. The molecule has 0 aliphatic heterocycles. The Labute approximate surface area is 129 Å². The van der Waals surface area contributed by atoms with Crippen LogP contribution < -0.4 is 10.1 Å². The van der Waals surface area contributed by atoms with Crippen LogP contribution in [0.5, 0.6) is 5.75 Å². The quantitative estimate of drug-likeness (QED) is 0.601. The minimum atomic E-state index is -1.09. The molecule has 0 atom stereocenters. The van der Waals surface area contributed by atoms with Crippen LogP contribution in [0.4, 0.5) is 11.4 Å². The molecule has 10 nitrogen and oxygen atoms in total. The van der Waals surface area contributed by atoms with Gasteiger partial charge in [-0.3, -0.25) is 24.4 Å². The number of aliphatic carboxylic acids is 1. The van der Waals surface area contributed by atoms with Gasteiger partial charge in [0.25, 0.3) is 11.6 Å². The molecule has 2 rings (SSSR count). The van der Waals surface area contributed by atoms with Gasteiger partial charge < -0.3 is 15.2 Å². The van der Waals surface area contributed by atoms with Crippen molar-refractivity contribution < 1.29 is 24.4 Å². The fourth-order valence-corrected chi connectivity index (χ4v) is 1.79. The number of carbonyl (C=O) groups excluding carboxylic acids is 1. The fraction of sp³-hybridized carbons (Fsp3) is 0.154. The standard InChI is InChI=1S/C13H12N4O6/c1-23-11-6-8(17(21)22)2-3-9(11)14-13(20)10-4-5-16(15-10)7-12(18)19/h2-6H,7H2,1H3,(H,14,20)(H,18,19). The van der Waals surface area contributed by atoms with Crippen molar-refractivity contribution in [2.75, 3.05) is 12.4 Å². The van der Waals surface area contributed by atoms with Crippen molar-refractivity contribution in [1.29, 1.82) is 0 Å². The van der Waals surface area contributed by atoms with E-state index in [1.165, 1.54) is 37.6 Å². The van der Waals surface area contributed by atoms with E-state index in [2.05, 4.69) is 10.4 Å². The van der Waals surface area contributed by atoms with Gasteiger partial charge in [-0.25, -0.2) is 0 Å². The number of benzene rings is 1. The molecule has 0 fully saturated rings. The number of ether oxygens (including phenoxy) is 1. The normalized spacial score (nSPS) is 10.1. The van der Waals surface area contributed by atoms with E-state index >= 15 is 0 Å². The summed E-state index contributed by atoms with van der Waals surface area (Å²) in [4.78, 5) is 32.8. The van der Waals surface area contributed by atoms with Gasteiger partial charge in [0.2, 0.25) is 0 Å². The maximum absolute atomic E-state index is 12.1. The monoisotopic (exact) mass is 320 g/mol. The number of nitrogens with zero attached hydrogens (tertiary/aromatic N) is 3. The molecule has 0 radical (unpaired) electrons. The third-order valence-electron chi connectivity index (χ3n) is 2.81. The maximum atomic E-state index is 12.1. The number of carboxylic acids is 1. The summed E-state index contributed by atoms with van der Waals surface area (Å²) in [7, 11) is 1.32. The number of carbonyl (C=O) groups is 2. The molecule has 0 aliphatic rings. The van der Waals surface area contributed by atoms with Gasteiger partial charge in [-0.1, -0.05) is 0 Å². The zero-order valence-corrected chi connectivity index (χ0v) is 11.9. The molecule has 1 heterocycles. The van der Waals surface area contributed by atoms with Crippen LogP contribution >= 0.6 is 0 Å². The van der Waals surface area contributed by atoms with Gasteiger partial charge in [0, 0.05) is 12.3 Å². The summed E-state index contributed by atoms with van der Waals surface area (Å²) in [5, 5.41) is 25.7. The van der Waals surface area contributed by atoms with E-state index in [4.69, 9.17) is 9.84 Å². The van der Waals surface area contributed by atoms with E-state index < -0.39 is 16.8 Å². The molecule has 1 aromatic carbocycles. The summed E-state index contributed by atoms with van der Waals surface area (Å²) >= 11 is 0. The predicted molar refractivity (Wildman–Crippen MR) is 77.5 cm³/mol. The van der Waals surface area contributed by atoms with Crippen molar-refractivity contribution in [1.82, 2.24) is 9.78 Å². The van der Waals surface area contributed by atoms with E-state index in [1.807, 2.05) is 0 Å². The lowest BCUT2D eigenvalue weighted by Gasteiger charge is -2.08. The summed E-state index contributed by atoms with van der Waals surface area (Å²) < 4.78 is 6.11. The zero-order chi connectivity index (χ0) is 17.0. The van der Waals surface area contributed by atoms with E-state index in [0.29, 0.717) is 0 Å². The number of rotatable bonds is 6. The molecule has 1 aromatic heterocycles. The van der Waals surface area contributed by atoms with Gasteiger partial charge in [0.15, 0.2) is 5.69 Å². The van der Waals surface area contributed by atoms with E-state index in [9.17, 15) is 19.7 Å². The van der Waals surface area contributed by atoms with Crippen molar-refractivity contribution in [3.63, 3.8) is 0 Å². The third kappa shape index (κ3) is 3.81. The van der Waals surface area contributed by atoms with E-state index in [1.54, 1.807) is 0 Å². The van der Waals surface area contributed by atoms with Crippen molar-refractivity contribution in [2.45, 2.75) is 6.54 Å². The van der Waals surface area contributed by atoms with Gasteiger partial charge in [0.1, 0.15) is 12.3 Å². The van der Waals surface area contributed by atoms with Gasteiger partial charge >= 0.3 is 5.97 Å². The topological polar surface area (TPSA) is 137 Å². The molecule has 2 N–H and O–H groups in total. The van der Waals surface area contributed by atoms with Crippen LogP contribution in [0.1, 0.15) is 10.5 Å². The van der Waals surface area contributed by atoms with E-state index in [-0.39, 0.29) is 29.4 Å². The molecule has 2 aromatic rings. The highest BCUT2D eigenvalue weighted by Gasteiger charge is 2.16. The first-order chi connectivity index (χ1) is 10.9. The number of amides is 1. The molecule has 0 unspecified atom stereocenters. The van der Waals surface area contributed by atoms with E-state index in [0.717, 1.165) is 4.68 Å². The Balaban J connectivity index is 2.18. The Kier molecular flexibility index (Phi) is 4.55. The molecule has 0 saturated carbocycles. The zero-order valence-electron chi connectivity index (χ0n) is 11.9. The highest BCUT2D eigenvalue weighted by atomic mass is 16.6. The van der Waals surface area contributed by atoms with Gasteiger partial charge in [-0.15, -0.1) is 0 Å². The lowest BCUT2D eigenvalue weighted by atomic mass is 10.2. The van der Waals surface area contributed by atoms with Gasteiger partial charge in [-0.2, -0.15) is 5.10 Å². The van der Waals surface area contributed by atoms with Gasteiger partial charge in [-0.05, 0) is 12.1 Å². The molecule has 1 amide bonds. The fourth-order valence-electron chi connectivity index (χ4n) is 1.79. The first-order valence-corrected chi connectivity index (χ1v) is 6.29. The Hall–Kier alpha value is -3.43. The lowest BCUT2D eigenvalue weighted by molar-refractivity contribution is -0.384. The maximum Gasteiger partial charge on any atom is 0.325 e. The van der Waals surface area contributed by atoms with Gasteiger partial charge in [0.05, 0.1) is 23.8 Å². The highest BCUT2D eigenvalue weighted by molar-refractivity contribution is 6.03. The van der Waals surface area contributed by atoms with Crippen molar-refractivity contribution in [3.05, 3.63) is 46.3 Å². The largest absolute Gasteiger partial charge is 0.494 e. The Morgan fingerprint density at radius 1 is 1.43 bits per heavy atom. The second-order valence-corrected chi connectivity index (χ2v) is 4.39. The van der Waals surface area contributed by atoms with Crippen LogP contribution in [-0.4, -0.2) is 38.8 Å². The first kappa shape index (κ1) is 15.9. The minimum Gasteiger partial charge on any atom is -0.494 e. The number of hydrogen-bond donors (Lipinski definition) is 2. The number of nitro benzene ring substituents is 1. The smallest absolute Gasteiger partial charge is 0.325 e. The molecule has 0 aliphatic carbocycles. The van der Waals surface area contributed by atoms with Crippen LogP contribution in [0.3, 0.4) is 0 Å². The minimum absolute atomic E-state index is 0.00616.